The number of nitrogens with zero attached hydrogens (tertiary/aromatic N) is 1. The van der Waals surface area contributed by atoms with E-state index in [4.69, 9.17) is 4.74 Å². The van der Waals surface area contributed by atoms with Crippen LogP contribution in [0.1, 0.15) is 27.2 Å². The number of ether oxygens (including phenoxy) is 1. The number of methoxy groups -OCH3 is 1. The van der Waals surface area contributed by atoms with E-state index in [1.165, 1.54) is 7.11 Å². The van der Waals surface area contributed by atoms with Crippen molar-refractivity contribution in [3.8, 4) is 0 Å². The van der Waals surface area contributed by atoms with Crippen molar-refractivity contribution in [3.05, 3.63) is 0 Å². The van der Waals surface area contributed by atoms with E-state index >= 15 is 0 Å². The lowest BCUT2D eigenvalue weighted by atomic mass is 9.85. The molecule has 3 atom stereocenters. The summed E-state index contributed by atoms with van der Waals surface area (Å²) in [5, 5.41) is 0. The van der Waals surface area contributed by atoms with Gasteiger partial charge in [-0.3, -0.25) is 0 Å². The van der Waals surface area contributed by atoms with E-state index in [2.05, 4.69) is 20.8 Å². The van der Waals surface area contributed by atoms with Gasteiger partial charge >= 0.3 is 6.09 Å². The standard InChI is InChI=1S/C10H19NO2/c1-7-5-9(3)11(6-8(7)2)10(12)13-4/h7-9H,5-6H2,1-4H3. The Morgan fingerprint density at radius 3 is 2.46 bits per heavy atom. The van der Waals surface area contributed by atoms with Crippen LogP contribution in [-0.2, 0) is 4.74 Å². The molecule has 3 nitrogen and oxygen atoms in total. The molecule has 1 amide bonds. The predicted molar refractivity (Wildman–Crippen MR) is 51.5 cm³/mol. The summed E-state index contributed by atoms with van der Waals surface area (Å²) in [6.45, 7) is 7.34. The Hall–Kier alpha value is -0.730. The molecular formula is C10H19NO2. The Morgan fingerprint density at radius 2 is 1.92 bits per heavy atom. The second-order valence-corrected chi connectivity index (χ2v) is 4.16. The minimum Gasteiger partial charge on any atom is -0.453 e. The molecule has 1 fully saturated rings. The lowest BCUT2D eigenvalue weighted by Crippen LogP contribution is -2.47. The van der Waals surface area contributed by atoms with Crippen molar-refractivity contribution in [2.45, 2.75) is 33.2 Å². The quantitative estimate of drug-likeness (QED) is 0.578. The van der Waals surface area contributed by atoms with E-state index in [1.54, 1.807) is 0 Å². The first-order chi connectivity index (χ1) is 6.06. The van der Waals surface area contributed by atoms with Crippen molar-refractivity contribution in [2.24, 2.45) is 11.8 Å². The van der Waals surface area contributed by atoms with E-state index in [0.29, 0.717) is 17.9 Å². The monoisotopic (exact) mass is 185 g/mol. The molecule has 0 aromatic rings. The van der Waals surface area contributed by atoms with Crippen molar-refractivity contribution in [2.75, 3.05) is 13.7 Å². The van der Waals surface area contributed by atoms with Gasteiger partial charge in [0.2, 0.25) is 0 Å². The highest BCUT2D eigenvalue weighted by atomic mass is 16.5. The molecule has 3 unspecified atom stereocenters. The number of piperidine rings is 1. The van der Waals surface area contributed by atoms with Crippen LogP contribution in [0.4, 0.5) is 4.79 Å². The maximum absolute atomic E-state index is 11.3. The molecule has 3 heteroatoms. The highest BCUT2D eigenvalue weighted by Gasteiger charge is 2.31. The Bertz CT molecular complexity index is 193. The molecule has 0 saturated carbocycles. The molecule has 0 radical (unpaired) electrons. The topological polar surface area (TPSA) is 29.5 Å². The highest BCUT2D eigenvalue weighted by molar-refractivity contribution is 5.67. The number of amides is 1. The molecular weight excluding hydrogens is 166 g/mol. The van der Waals surface area contributed by atoms with Crippen molar-refractivity contribution < 1.29 is 9.53 Å². The van der Waals surface area contributed by atoms with Crippen LogP contribution in [0.2, 0.25) is 0 Å². The Balaban J connectivity index is 2.61. The average Bonchev–Trinajstić information content (AvgIpc) is 2.10. The van der Waals surface area contributed by atoms with Gasteiger partial charge in [0.15, 0.2) is 0 Å². The van der Waals surface area contributed by atoms with E-state index in [9.17, 15) is 4.79 Å². The van der Waals surface area contributed by atoms with Gasteiger partial charge in [-0.25, -0.2) is 4.79 Å². The fourth-order valence-electron chi connectivity index (χ4n) is 1.94. The molecule has 1 aliphatic rings. The zero-order valence-corrected chi connectivity index (χ0v) is 8.91. The van der Waals surface area contributed by atoms with E-state index < -0.39 is 0 Å². The van der Waals surface area contributed by atoms with Crippen molar-refractivity contribution >= 4 is 6.09 Å². The molecule has 1 aliphatic heterocycles. The molecule has 0 spiro atoms. The first kappa shape index (κ1) is 10.4. The van der Waals surface area contributed by atoms with Crippen molar-refractivity contribution in [1.29, 1.82) is 0 Å². The Morgan fingerprint density at radius 1 is 1.31 bits per heavy atom. The summed E-state index contributed by atoms with van der Waals surface area (Å²) in [7, 11) is 1.44. The minimum absolute atomic E-state index is 0.189. The van der Waals surface area contributed by atoms with Crippen LogP contribution >= 0.6 is 0 Å². The lowest BCUT2D eigenvalue weighted by molar-refractivity contribution is 0.0628. The van der Waals surface area contributed by atoms with E-state index in [1.807, 2.05) is 4.90 Å². The number of hydrogen-bond acceptors (Lipinski definition) is 2. The van der Waals surface area contributed by atoms with Crippen molar-refractivity contribution in [3.63, 3.8) is 0 Å². The van der Waals surface area contributed by atoms with Gasteiger partial charge in [-0.05, 0) is 25.2 Å². The molecule has 76 valence electrons. The van der Waals surface area contributed by atoms with Crippen LogP contribution in [0.3, 0.4) is 0 Å². The van der Waals surface area contributed by atoms with Gasteiger partial charge in [0.05, 0.1) is 7.11 Å². The summed E-state index contributed by atoms with van der Waals surface area (Å²) in [6, 6.07) is 0.318. The Kier molecular flexibility index (Phi) is 3.17. The molecule has 1 heterocycles. The number of hydrogen-bond donors (Lipinski definition) is 0. The fraction of sp³-hybridized carbons (Fsp3) is 0.900. The third-order valence-electron chi connectivity index (χ3n) is 3.11. The zero-order chi connectivity index (χ0) is 10.0. The van der Waals surface area contributed by atoms with Crippen LogP contribution in [0.5, 0.6) is 0 Å². The molecule has 0 aliphatic carbocycles. The molecule has 1 rings (SSSR count). The molecule has 0 aromatic heterocycles. The van der Waals surface area contributed by atoms with Gasteiger partial charge in [-0.15, -0.1) is 0 Å². The van der Waals surface area contributed by atoms with Gasteiger partial charge in [0.1, 0.15) is 0 Å². The van der Waals surface area contributed by atoms with Gasteiger partial charge in [0, 0.05) is 12.6 Å². The second-order valence-electron chi connectivity index (χ2n) is 4.16. The normalized spacial score (nSPS) is 34.5. The Labute approximate surface area is 80.1 Å². The number of carbonyl (C=O) groups is 1. The molecule has 0 bridgehead atoms. The first-order valence-electron chi connectivity index (χ1n) is 4.90. The van der Waals surface area contributed by atoms with Crippen LogP contribution in [-0.4, -0.2) is 30.7 Å². The fourth-order valence-corrected chi connectivity index (χ4v) is 1.94. The van der Waals surface area contributed by atoms with E-state index in [0.717, 1.165) is 13.0 Å². The minimum atomic E-state index is -0.189. The van der Waals surface area contributed by atoms with Crippen LogP contribution < -0.4 is 0 Å². The largest absolute Gasteiger partial charge is 0.453 e. The SMILES string of the molecule is COC(=O)N1CC(C)C(C)CC1C. The molecule has 0 N–H and O–H groups in total. The van der Waals surface area contributed by atoms with Crippen LogP contribution in [0.15, 0.2) is 0 Å². The second kappa shape index (κ2) is 3.99. The predicted octanol–water partition coefficient (Wildman–Crippen LogP) is 2.12. The zero-order valence-electron chi connectivity index (χ0n) is 8.91. The number of carbonyl (C=O) groups excluding carboxylic acids is 1. The highest BCUT2D eigenvalue weighted by Crippen LogP contribution is 2.27. The number of likely N-dealkylation sites (tertiary alicyclic amines) is 1. The van der Waals surface area contributed by atoms with Gasteiger partial charge < -0.3 is 9.64 Å². The van der Waals surface area contributed by atoms with Gasteiger partial charge in [-0.1, -0.05) is 13.8 Å². The molecule has 13 heavy (non-hydrogen) atoms. The summed E-state index contributed by atoms with van der Waals surface area (Å²) in [5.74, 6) is 1.28. The summed E-state index contributed by atoms with van der Waals surface area (Å²) in [6.07, 6.45) is 0.891. The first-order valence-corrected chi connectivity index (χ1v) is 4.90. The maximum atomic E-state index is 11.3. The van der Waals surface area contributed by atoms with Crippen LogP contribution in [0.25, 0.3) is 0 Å². The average molecular weight is 185 g/mol. The summed E-state index contributed by atoms with van der Waals surface area (Å²) in [5.41, 5.74) is 0. The summed E-state index contributed by atoms with van der Waals surface area (Å²) in [4.78, 5) is 13.2. The maximum Gasteiger partial charge on any atom is 0.409 e. The van der Waals surface area contributed by atoms with Crippen molar-refractivity contribution in [1.82, 2.24) is 4.90 Å². The lowest BCUT2D eigenvalue weighted by Gasteiger charge is -2.39. The van der Waals surface area contributed by atoms with Crippen LogP contribution in [0, 0.1) is 11.8 Å². The van der Waals surface area contributed by atoms with E-state index in [-0.39, 0.29) is 6.09 Å². The number of rotatable bonds is 0. The van der Waals surface area contributed by atoms with Gasteiger partial charge in [0.25, 0.3) is 0 Å². The smallest absolute Gasteiger partial charge is 0.409 e. The summed E-state index contributed by atoms with van der Waals surface area (Å²) < 4.78 is 4.73. The third kappa shape index (κ3) is 2.14. The molecule has 1 saturated heterocycles. The summed E-state index contributed by atoms with van der Waals surface area (Å²) >= 11 is 0. The third-order valence-corrected chi connectivity index (χ3v) is 3.11. The van der Waals surface area contributed by atoms with Gasteiger partial charge in [-0.2, -0.15) is 0 Å². The molecule has 0 aromatic carbocycles.